The van der Waals surface area contributed by atoms with Crippen molar-refractivity contribution in [1.29, 1.82) is 0 Å². The van der Waals surface area contributed by atoms with Gasteiger partial charge in [-0.15, -0.1) is 0 Å². The lowest BCUT2D eigenvalue weighted by Gasteiger charge is -2.10. The minimum absolute atomic E-state index is 0.198. The number of aryl methyl sites for hydroxylation is 1. The molecule has 7 nitrogen and oxygen atoms in total. The van der Waals surface area contributed by atoms with Crippen LogP contribution in [-0.2, 0) is 11.3 Å². The molecule has 4 rings (SSSR count). The van der Waals surface area contributed by atoms with Crippen LogP contribution in [0, 0.1) is 13.8 Å². The minimum Gasteiger partial charge on any atom is -0.324 e. The van der Waals surface area contributed by atoms with Gasteiger partial charge in [-0.05, 0) is 49.2 Å². The maximum absolute atomic E-state index is 12.9. The van der Waals surface area contributed by atoms with Gasteiger partial charge in [-0.25, -0.2) is 9.67 Å². The van der Waals surface area contributed by atoms with Crippen LogP contribution in [-0.4, -0.2) is 25.2 Å². The van der Waals surface area contributed by atoms with E-state index in [1.165, 1.54) is 17.1 Å². The Bertz CT molecular complexity index is 1340. The van der Waals surface area contributed by atoms with Crippen LogP contribution in [0.3, 0.4) is 0 Å². The molecule has 4 aromatic rings. The number of hydrogen-bond donors (Lipinski definition) is 1. The fraction of sp³-hybridized carbons (Fsp3) is 0.143. The molecule has 30 heavy (non-hydrogen) atoms. The van der Waals surface area contributed by atoms with Crippen LogP contribution in [0.15, 0.2) is 53.7 Å². The highest BCUT2D eigenvalue weighted by molar-refractivity contribution is 6.42. The van der Waals surface area contributed by atoms with Crippen LogP contribution in [0.4, 0.5) is 5.69 Å². The molecular weight excluding hydrogens is 425 g/mol. The number of carbonyl (C=O) groups is 1. The summed E-state index contributed by atoms with van der Waals surface area (Å²) in [6.07, 6.45) is 2.82. The number of amides is 1. The molecular formula is C21H17Cl2N5O2. The summed E-state index contributed by atoms with van der Waals surface area (Å²) in [6, 6.07) is 10.6. The molecule has 1 amide bonds. The quantitative estimate of drug-likeness (QED) is 0.515. The Hall–Kier alpha value is -3.16. The molecule has 0 aliphatic rings. The molecule has 0 aliphatic heterocycles. The Morgan fingerprint density at radius 1 is 1.13 bits per heavy atom. The number of anilines is 1. The molecule has 0 saturated carbocycles. The van der Waals surface area contributed by atoms with E-state index in [1.807, 2.05) is 32.0 Å². The summed E-state index contributed by atoms with van der Waals surface area (Å²) in [7, 11) is 0. The van der Waals surface area contributed by atoms with E-state index in [4.69, 9.17) is 23.2 Å². The van der Waals surface area contributed by atoms with Crippen LogP contribution >= 0.6 is 23.2 Å². The summed E-state index contributed by atoms with van der Waals surface area (Å²) in [4.78, 5) is 29.6. The second-order valence-corrected chi connectivity index (χ2v) is 7.68. The minimum atomic E-state index is -0.390. The van der Waals surface area contributed by atoms with Crippen molar-refractivity contribution in [3.8, 4) is 5.69 Å². The number of nitrogens with one attached hydrogen (secondary N) is 1. The van der Waals surface area contributed by atoms with E-state index < -0.39 is 5.91 Å². The number of nitrogens with zero attached hydrogens (tertiary/aromatic N) is 4. The highest BCUT2D eigenvalue weighted by Gasteiger charge is 2.15. The monoisotopic (exact) mass is 441 g/mol. The SMILES string of the molecule is Cc1cccc(-n2ncc3c(=O)n(CC(=O)Nc4ccc(Cl)c(Cl)c4)cnc32)c1C. The maximum Gasteiger partial charge on any atom is 0.264 e. The fourth-order valence-corrected chi connectivity index (χ4v) is 3.43. The van der Waals surface area contributed by atoms with Crippen molar-refractivity contribution in [2.45, 2.75) is 20.4 Å². The molecule has 0 aliphatic carbocycles. The van der Waals surface area contributed by atoms with Crippen molar-refractivity contribution >= 4 is 45.8 Å². The van der Waals surface area contributed by atoms with Gasteiger partial charge in [-0.1, -0.05) is 35.3 Å². The molecule has 0 radical (unpaired) electrons. The van der Waals surface area contributed by atoms with Gasteiger partial charge in [0, 0.05) is 5.69 Å². The largest absolute Gasteiger partial charge is 0.324 e. The molecule has 9 heteroatoms. The topological polar surface area (TPSA) is 81.8 Å². The number of carbonyl (C=O) groups excluding carboxylic acids is 1. The lowest BCUT2D eigenvalue weighted by Crippen LogP contribution is -2.27. The summed E-state index contributed by atoms with van der Waals surface area (Å²) < 4.78 is 2.88. The van der Waals surface area contributed by atoms with Crippen LogP contribution < -0.4 is 10.9 Å². The zero-order chi connectivity index (χ0) is 21.4. The number of benzene rings is 2. The molecule has 152 valence electrons. The Kier molecular flexibility index (Phi) is 5.32. The number of halogens is 2. The van der Waals surface area contributed by atoms with Gasteiger partial charge in [0.1, 0.15) is 18.3 Å². The van der Waals surface area contributed by atoms with Gasteiger partial charge < -0.3 is 5.32 Å². The van der Waals surface area contributed by atoms with E-state index in [0.29, 0.717) is 26.8 Å². The van der Waals surface area contributed by atoms with Crippen molar-refractivity contribution in [1.82, 2.24) is 19.3 Å². The van der Waals surface area contributed by atoms with E-state index in [9.17, 15) is 9.59 Å². The normalized spacial score (nSPS) is 11.1. The number of fused-ring (bicyclic) bond motifs is 1. The Balaban J connectivity index is 1.63. The molecule has 0 atom stereocenters. The first-order chi connectivity index (χ1) is 14.3. The van der Waals surface area contributed by atoms with Gasteiger partial charge in [0.05, 0.1) is 21.9 Å². The smallest absolute Gasteiger partial charge is 0.264 e. The number of aromatic nitrogens is 4. The van der Waals surface area contributed by atoms with E-state index in [-0.39, 0.29) is 12.1 Å². The van der Waals surface area contributed by atoms with Crippen molar-refractivity contribution < 1.29 is 4.79 Å². The summed E-state index contributed by atoms with van der Waals surface area (Å²) in [6.45, 7) is 3.81. The first kappa shape index (κ1) is 20.1. The van der Waals surface area contributed by atoms with E-state index in [0.717, 1.165) is 16.8 Å². The summed E-state index contributed by atoms with van der Waals surface area (Å²) >= 11 is 11.8. The predicted molar refractivity (Wildman–Crippen MR) is 118 cm³/mol. The third-order valence-electron chi connectivity index (χ3n) is 4.88. The van der Waals surface area contributed by atoms with Crippen LogP contribution in [0.2, 0.25) is 10.0 Å². The van der Waals surface area contributed by atoms with E-state index in [2.05, 4.69) is 15.4 Å². The van der Waals surface area contributed by atoms with Gasteiger partial charge in [-0.2, -0.15) is 5.10 Å². The third kappa shape index (κ3) is 3.69. The van der Waals surface area contributed by atoms with Crippen LogP contribution in [0.5, 0.6) is 0 Å². The average molecular weight is 442 g/mol. The van der Waals surface area contributed by atoms with Crippen LogP contribution in [0.25, 0.3) is 16.7 Å². The Morgan fingerprint density at radius 3 is 2.70 bits per heavy atom. The second kappa shape index (κ2) is 7.93. The molecule has 2 aromatic heterocycles. The second-order valence-electron chi connectivity index (χ2n) is 6.87. The van der Waals surface area contributed by atoms with Gasteiger partial charge in [0.2, 0.25) is 5.91 Å². The molecule has 0 bridgehead atoms. The molecule has 1 N–H and O–H groups in total. The highest BCUT2D eigenvalue weighted by atomic mass is 35.5. The lowest BCUT2D eigenvalue weighted by atomic mass is 10.1. The van der Waals surface area contributed by atoms with Crippen molar-refractivity contribution in [2.24, 2.45) is 0 Å². The fourth-order valence-electron chi connectivity index (χ4n) is 3.13. The van der Waals surface area contributed by atoms with E-state index in [1.54, 1.807) is 22.9 Å². The molecule has 2 heterocycles. The lowest BCUT2D eigenvalue weighted by molar-refractivity contribution is -0.116. The third-order valence-corrected chi connectivity index (χ3v) is 5.62. The number of hydrogen-bond acceptors (Lipinski definition) is 4. The average Bonchev–Trinajstić information content (AvgIpc) is 3.14. The Morgan fingerprint density at radius 2 is 1.93 bits per heavy atom. The maximum atomic E-state index is 12.9. The highest BCUT2D eigenvalue weighted by Crippen LogP contribution is 2.25. The molecule has 0 spiro atoms. The zero-order valence-electron chi connectivity index (χ0n) is 16.2. The zero-order valence-corrected chi connectivity index (χ0v) is 17.7. The summed E-state index contributed by atoms with van der Waals surface area (Å²) in [5.41, 5.74) is 3.60. The standard InChI is InChI=1S/C21H17Cl2N5O2/c1-12-4-3-5-18(13(12)2)28-20-15(9-25-28)21(30)27(11-24-20)10-19(29)26-14-6-7-16(22)17(23)8-14/h3-9,11H,10H2,1-2H3,(H,26,29). The first-order valence-corrected chi connectivity index (χ1v) is 9.85. The van der Waals surface area contributed by atoms with Crippen molar-refractivity contribution in [3.05, 3.63) is 80.4 Å². The molecule has 0 saturated heterocycles. The number of rotatable bonds is 4. The van der Waals surface area contributed by atoms with E-state index >= 15 is 0 Å². The summed E-state index contributed by atoms with van der Waals surface area (Å²) in [5, 5.41) is 8.09. The molecule has 0 unspecified atom stereocenters. The van der Waals surface area contributed by atoms with Crippen LogP contribution in [0.1, 0.15) is 11.1 Å². The predicted octanol–water partition coefficient (Wildman–Crippen LogP) is 4.14. The summed E-state index contributed by atoms with van der Waals surface area (Å²) in [5.74, 6) is -0.390. The van der Waals surface area contributed by atoms with Crippen molar-refractivity contribution in [2.75, 3.05) is 5.32 Å². The first-order valence-electron chi connectivity index (χ1n) is 9.10. The van der Waals surface area contributed by atoms with Gasteiger partial charge in [0.25, 0.3) is 5.56 Å². The van der Waals surface area contributed by atoms with Gasteiger partial charge in [-0.3, -0.25) is 14.2 Å². The molecule has 2 aromatic carbocycles. The van der Waals surface area contributed by atoms with Gasteiger partial charge >= 0.3 is 0 Å². The van der Waals surface area contributed by atoms with Crippen molar-refractivity contribution in [3.63, 3.8) is 0 Å². The molecule has 0 fully saturated rings. The Labute approximate surface area is 181 Å². The van der Waals surface area contributed by atoms with Gasteiger partial charge in [0.15, 0.2) is 5.65 Å².